The van der Waals surface area contributed by atoms with Gasteiger partial charge in [-0.05, 0) is 124 Å². The largest absolute Gasteiger partial charge is 0.316 e. The maximum Gasteiger partial charge on any atom is 0.252 e. The summed E-state index contributed by atoms with van der Waals surface area (Å²) in [4.78, 5) is 8.10. The van der Waals surface area contributed by atoms with Crippen molar-refractivity contribution in [3.8, 4) is 22.3 Å². The molecule has 0 atom stereocenters. The highest BCUT2D eigenvalue weighted by Crippen LogP contribution is 2.64. The summed E-state index contributed by atoms with van der Waals surface area (Å²) in [6.07, 6.45) is 4.18. The highest BCUT2D eigenvalue weighted by molar-refractivity contribution is 7.00. The molecule has 4 heteroatoms. The van der Waals surface area contributed by atoms with Gasteiger partial charge in [0, 0.05) is 33.9 Å². The molecule has 3 heterocycles. The van der Waals surface area contributed by atoms with Crippen LogP contribution in [0.25, 0.3) is 22.3 Å². The highest BCUT2D eigenvalue weighted by atomic mass is 15.5. The van der Waals surface area contributed by atoms with Gasteiger partial charge in [0.15, 0.2) is 0 Å². The van der Waals surface area contributed by atoms with Crippen molar-refractivity contribution in [3.63, 3.8) is 0 Å². The van der Waals surface area contributed by atoms with Crippen molar-refractivity contribution >= 4 is 62.9 Å². The van der Waals surface area contributed by atoms with Crippen LogP contribution in [0.15, 0.2) is 194 Å². The van der Waals surface area contributed by atoms with E-state index in [4.69, 9.17) is 0 Å². The molecule has 13 rings (SSSR count). The molecule has 1 saturated carbocycles. The third kappa shape index (κ3) is 4.14. The summed E-state index contributed by atoms with van der Waals surface area (Å²) in [5.41, 5.74) is 21.2. The first-order valence-corrected chi connectivity index (χ1v) is 20.9. The van der Waals surface area contributed by atoms with Crippen LogP contribution in [-0.2, 0) is 5.41 Å². The van der Waals surface area contributed by atoms with Gasteiger partial charge in [-0.1, -0.05) is 146 Å². The summed E-state index contributed by atoms with van der Waals surface area (Å²) in [5.74, 6) is 0. The molecule has 2 aliphatic carbocycles. The Kier molecular flexibility index (Phi) is 6.62. The summed E-state index contributed by atoms with van der Waals surface area (Å²) in [6.45, 7) is 0.0762. The second-order valence-electron chi connectivity index (χ2n) is 16.8. The number of hydrogen-bond acceptors (Lipinski definition) is 3. The van der Waals surface area contributed by atoms with Crippen LogP contribution >= 0.6 is 0 Å². The first-order valence-electron chi connectivity index (χ1n) is 20.9. The Morgan fingerprint density at radius 2 is 0.983 bits per heavy atom. The summed E-state index contributed by atoms with van der Waals surface area (Å²) in [5, 5.41) is 0. The van der Waals surface area contributed by atoms with Crippen LogP contribution in [0, 0.1) is 0 Å². The molecule has 0 radical (unpaired) electrons. The molecule has 2 spiro atoms. The Bertz CT molecular complexity index is 2890. The van der Waals surface area contributed by atoms with Crippen molar-refractivity contribution < 1.29 is 0 Å². The predicted molar refractivity (Wildman–Crippen MR) is 242 cm³/mol. The van der Waals surface area contributed by atoms with Crippen LogP contribution in [0.4, 0.5) is 39.8 Å². The van der Waals surface area contributed by atoms with Gasteiger partial charge < -0.3 is 14.7 Å². The van der Waals surface area contributed by atoms with E-state index in [0.717, 1.165) is 25.7 Å². The fourth-order valence-electron chi connectivity index (χ4n) is 12.0. The van der Waals surface area contributed by atoms with Gasteiger partial charge in [0.05, 0.1) is 11.4 Å². The van der Waals surface area contributed by atoms with Gasteiger partial charge >= 0.3 is 0 Å². The second-order valence-corrected chi connectivity index (χ2v) is 16.8. The van der Waals surface area contributed by atoms with Crippen LogP contribution in [0.5, 0.6) is 0 Å². The normalized spacial score (nSPS) is 16.8. The van der Waals surface area contributed by atoms with E-state index in [1.54, 1.807) is 0 Å². The number of anilines is 7. The van der Waals surface area contributed by atoms with Crippen molar-refractivity contribution in [3.05, 3.63) is 205 Å². The fourth-order valence-corrected chi connectivity index (χ4v) is 12.0. The molecule has 0 saturated heterocycles. The molecule has 58 heavy (non-hydrogen) atoms. The monoisotopic (exact) mass is 741 g/mol. The molecule has 274 valence electrons. The lowest BCUT2D eigenvalue weighted by Gasteiger charge is -2.54. The van der Waals surface area contributed by atoms with E-state index < -0.39 is 0 Å². The maximum atomic E-state index is 2.83. The minimum Gasteiger partial charge on any atom is -0.316 e. The predicted octanol–water partition coefficient (Wildman–Crippen LogP) is 11.5. The average Bonchev–Trinajstić information content (AvgIpc) is 3.74. The lowest BCUT2D eigenvalue weighted by molar-refractivity contribution is 0.239. The molecule has 5 aliphatic rings. The Morgan fingerprint density at radius 1 is 0.397 bits per heavy atom. The standard InChI is InChI=1S/C54H40BN3/c1-4-16-37(17-5-1)38-30-31-47-46(36-38)55-45-26-14-29-50-52(45)58(49-28-15-27-48(51(49)55)56(47)39-18-6-2-7-19-39)54(57(50)40-20-8-3-9-21-40)34-32-53(33-35-54)43-24-12-10-22-41(43)42-23-11-13-25-44(42)53/h1-31,36H,32-35H2. The quantitative estimate of drug-likeness (QED) is 0.167. The van der Waals surface area contributed by atoms with Crippen LogP contribution in [0.1, 0.15) is 36.8 Å². The number of hydrogen-bond donors (Lipinski definition) is 0. The second kappa shape index (κ2) is 11.9. The van der Waals surface area contributed by atoms with Gasteiger partial charge in [-0.25, -0.2) is 0 Å². The SMILES string of the molecule is c1ccc(-c2ccc3c(c2)B2c4cccc5c4N(c4cccc(c42)N3c2ccccc2)C2(CCC3(CC2)c2ccccc2-c2ccccc23)N5c2ccccc2)cc1. The van der Waals surface area contributed by atoms with E-state index >= 15 is 0 Å². The molecule has 8 aromatic carbocycles. The van der Waals surface area contributed by atoms with Crippen LogP contribution in [-0.4, -0.2) is 12.4 Å². The van der Waals surface area contributed by atoms with Crippen molar-refractivity contribution in [1.29, 1.82) is 0 Å². The number of nitrogens with zero attached hydrogens (tertiary/aromatic N) is 3. The molecular weight excluding hydrogens is 701 g/mol. The number of para-hydroxylation sites is 3. The third-order valence-corrected chi connectivity index (χ3v) is 14.3. The molecule has 0 aromatic heterocycles. The molecule has 0 bridgehead atoms. The number of fused-ring (bicyclic) bond motifs is 10. The first kappa shape index (κ1) is 32.3. The van der Waals surface area contributed by atoms with Crippen molar-refractivity contribution in [2.75, 3.05) is 14.7 Å². The Morgan fingerprint density at radius 3 is 1.69 bits per heavy atom. The molecule has 8 aromatic rings. The van der Waals surface area contributed by atoms with Gasteiger partial charge in [0.25, 0.3) is 6.71 Å². The first-order chi connectivity index (χ1) is 28.8. The van der Waals surface area contributed by atoms with E-state index in [0.29, 0.717) is 0 Å². The van der Waals surface area contributed by atoms with Crippen LogP contribution in [0.2, 0.25) is 0 Å². The summed E-state index contributed by atoms with van der Waals surface area (Å²) < 4.78 is 0. The minimum atomic E-state index is -0.304. The van der Waals surface area contributed by atoms with Crippen LogP contribution < -0.4 is 31.1 Å². The van der Waals surface area contributed by atoms with Gasteiger partial charge in [-0.2, -0.15) is 0 Å². The van der Waals surface area contributed by atoms with E-state index in [2.05, 4.69) is 209 Å². The van der Waals surface area contributed by atoms with Crippen molar-refractivity contribution in [2.45, 2.75) is 36.8 Å². The molecular formula is C54H40BN3. The lowest BCUT2D eigenvalue weighted by atomic mass is 9.33. The minimum absolute atomic E-state index is 0.0102. The van der Waals surface area contributed by atoms with E-state index in [-0.39, 0.29) is 17.8 Å². The molecule has 0 N–H and O–H groups in total. The average molecular weight is 742 g/mol. The summed E-state index contributed by atoms with van der Waals surface area (Å²) >= 11 is 0. The van der Waals surface area contributed by atoms with E-state index in [1.807, 2.05) is 0 Å². The zero-order valence-electron chi connectivity index (χ0n) is 32.2. The summed E-state index contributed by atoms with van der Waals surface area (Å²) in [6, 6.07) is 73.0. The third-order valence-electron chi connectivity index (χ3n) is 14.3. The van der Waals surface area contributed by atoms with Crippen molar-refractivity contribution in [2.24, 2.45) is 0 Å². The van der Waals surface area contributed by atoms with E-state index in [1.165, 1.54) is 89.6 Å². The summed E-state index contributed by atoms with van der Waals surface area (Å²) in [7, 11) is 0. The number of rotatable bonds is 3. The Hall–Kier alpha value is -6.78. The Balaban J connectivity index is 1.06. The number of benzene rings is 8. The molecule has 0 amide bonds. The molecule has 3 nitrogen and oxygen atoms in total. The smallest absolute Gasteiger partial charge is 0.252 e. The molecule has 3 aliphatic heterocycles. The molecule has 0 unspecified atom stereocenters. The fraction of sp³-hybridized carbons (Fsp3) is 0.111. The Labute approximate surface area is 340 Å². The molecule has 1 fully saturated rings. The van der Waals surface area contributed by atoms with Gasteiger partial charge in [-0.15, -0.1) is 0 Å². The van der Waals surface area contributed by atoms with Gasteiger partial charge in [0.2, 0.25) is 0 Å². The highest BCUT2D eigenvalue weighted by Gasteiger charge is 2.60. The van der Waals surface area contributed by atoms with Gasteiger partial charge in [-0.3, -0.25) is 0 Å². The maximum absolute atomic E-state index is 2.83. The zero-order valence-corrected chi connectivity index (χ0v) is 32.2. The van der Waals surface area contributed by atoms with Crippen LogP contribution in [0.3, 0.4) is 0 Å². The van der Waals surface area contributed by atoms with Crippen molar-refractivity contribution in [1.82, 2.24) is 0 Å². The topological polar surface area (TPSA) is 9.72 Å². The zero-order chi connectivity index (χ0) is 38.0. The lowest BCUT2D eigenvalue weighted by Crippen LogP contribution is -2.65. The van der Waals surface area contributed by atoms with Gasteiger partial charge in [0.1, 0.15) is 5.66 Å². The van der Waals surface area contributed by atoms with E-state index in [9.17, 15) is 0 Å².